The topological polar surface area (TPSA) is 65.7 Å². The van der Waals surface area contributed by atoms with E-state index >= 15 is 0 Å². The van der Waals surface area contributed by atoms with E-state index in [0.717, 1.165) is 5.56 Å². The fraction of sp³-hybridized carbons (Fsp3) is 0.158. The third-order valence-corrected chi connectivity index (χ3v) is 4.17. The van der Waals surface area contributed by atoms with Crippen LogP contribution in [0, 0.1) is 6.92 Å². The molecular weight excluding hydrogens is 344 g/mol. The highest BCUT2D eigenvalue weighted by molar-refractivity contribution is 6.32. The van der Waals surface area contributed by atoms with Crippen LogP contribution >= 0.6 is 11.6 Å². The molecule has 3 rings (SSSR count). The summed E-state index contributed by atoms with van der Waals surface area (Å²) in [4.78, 5) is 23.4. The van der Waals surface area contributed by atoms with Crippen LogP contribution in [0.1, 0.15) is 21.5 Å². The number of rotatable bonds is 4. The minimum Gasteiger partial charge on any atom is -0.489 e. The highest BCUT2D eigenvalue weighted by atomic mass is 35.5. The van der Waals surface area contributed by atoms with Crippen molar-refractivity contribution in [1.29, 1.82) is 0 Å². The minimum absolute atomic E-state index is 0.131. The molecule has 0 atom stereocenters. The van der Waals surface area contributed by atoms with E-state index in [0.29, 0.717) is 32.9 Å². The lowest BCUT2D eigenvalue weighted by Crippen LogP contribution is -2.05. The minimum atomic E-state index is -0.462. The van der Waals surface area contributed by atoms with E-state index in [2.05, 4.69) is 4.74 Å². The van der Waals surface area contributed by atoms with Crippen molar-refractivity contribution >= 4 is 28.5 Å². The lowest BCUT2D eigenvalue weighted by molar-refractivity contribution is 0.0600. The van der Waals surface area contributed by atoms with Crippen molar-refractivity contribution in [2.45, 2.75) is 13.5 Å². The second-order valence-corrected chi connectivity index (χ2v) is 5.90. The molecule has 0 aliphatic rings. The van der Waals surface area contributed by atoms with Crippen molar-refractivity contribution in [1.82, 2.24) is 0 Å². The first-order valence-corrected chi connectivity index (χ1v) is 7.90. The quantitative estimate of drug-likeness (QED) is 0.518. The Morgan fingerprint density at radius 1 is 1.20 bits per heavy atom. The number of esters is 1. The summed E-state index contributed by atoms with van der Waals surface area (Å²) in [6.07, 6.45) is 0. The number of hydrogen-bond donors (Lipinski definition) is 0. The first-order chi connectivity index (χ1) is 12.0. The van der Waals surface area contributed by atoms with E-state index in [1.807, 2.05) is 6.92 Å². The van der Waals surface area contributed by atoms with Gasteiger partial charge in [-0.15, -0.1) is 0 Å². The fourth-order valence-electron chi connectivity index (χ4n) is 2.46. The van der Waals surface area contributed by atoms with Gasteiger partial charge in [-0.3, -0.25) is 0 Å². The van der Waals surface area contributed by atoms with Crippen LogP contribution in [0.25, 0.3) is 11.0 Å². The molecule has 0 radical (unpaired) electrons. The first-order valence-electron chi connectivity index (χ1n) is 7.52. The Kier molecular flexibility index (Phi) is 4.76. The van der Waals surface area contributed by atoms with Crippen LogP contribution in [0.2, 0.25) is 5.02 Å². The van der Waals surface area contributed by atoms with Gasteiger partial charge in [0, 0.05) is 22.0 Å². The van der Waals surface area contributed by atoms with E-state index in [1.54, 1.807) is 36.4 Å². The van der Waals surface area contributed by atoms with E-state index in [4.69, 9.17) is 20.8 Å². The number of halogens is 1. The predicted molar refractivity (Wildman–Crippen MR) is 94.3 cm³/mol. The highest BCUT2D eigenvalue weighted by Crippen LogP contribution is 2.26. The number of ether oxygens (including phenoxy) is 2. The van der Waals surface area contributed by atoms with Gasteiger partial charge in [-0.25, -0.2) is 9.59 Å². The average Bonchev–Trinajstić information content (AvgIpc) is 2.60. The van der Waals surface area contributed by atoms with Gasteiger partial charge in [0.1, 0.15) is 17.9 Å². The molecule has 5 nitrogen and oxygen atoms in total. The molecule has 0 aliphatic carbocycles. The van der Waals surface area contributed by atoms with E-state index in [1.165, 1.54) is 13.2 Å². The SMILES string of the molecule is COC(=O)c1cccc(OCc2cc(=O)oc3cc(C)c(Cl)cc23)c1. The molecule has 1 aromatic heterocycles. The van der Waals surface area contributed by atoms with Crippen LogP contribution in [0.3, 0.4) is 0 Å². The number of carbonyl (C=O) groups excluding carboxylic acids is 1. The zero-order valence-corrected chi connectivity index (χ0v) is 14.4. The van der Waals surface area contributed by atoms with Gasteiger partial charge < -0.3 is 13.9 Å². The predicted octanol–water partition coefficient (Wildman–Crippen LogP) is 4.12. The third kappa shape index (κ3) is 3.67. The Labute approximate surface area is 148 Å². The molecule has 0 bridgehead atoms. The molecule has 0 aliphatic heterocycles. The third-order valence-electron chi connectivity index (χ3n) is 3.76. The maximum atomic E-state index is 11.8. The van der Waals surface area contributed by atoms with Crippen LogP contribution in [-0.4, -0.2) is 13.1 Å². The molecule has 1 heterocycles. The van der Waals surface area contributed by atoms with Crippen molar-refractivity contribution in [3.8, 4) is 5.75 Å². The van der Waals surface area contributed by atoms with Crippen LogP contribution in [0.4, 0.5) is 0 Å². The summed E-state index contributed by atoms with van der Waals surface area (Å²) in [6.45, 7) is 1.97. The first kappa shape index (κ1) is 17.0. The van der Waals surface area contributed by atoms with Gasteiger partial charge in [0.15, 0.2) is 0 Å². The van der Waals surface area contributed by atoms with Gasteiger partial charge in [0.2, 0.25) is 0 Å². The summed E-state index contributed by atoms with van der Waals surface area (Å²) >= 11 is 6.18. The number of methoxy groups -OCH3 is 1. The Balaban J connectivity index is 1.92. The Morgan fingerprint density at radius 3 is 2.76 bits per heavy atom. The van der Waals surface area contributed by atoms with Crippen LogP contribution in [-0.2, 0) is 11.3 Å². The molecule has 2 aromatic carbocycles. The summed E-state index contributed by atoms with van der Waals surface area (Å²) in [5, 5.41) is 1.29. The second kappa shape index (κ2) is 6.99. The maximum absolute atomic E-state index is 11.8. The molecular formula is C19H15ClO5. The zero-order chi connectivity index (χ0) is 18.0. The van der Waals surface area contributed by atoms with Gasteiger partial charge in [-0.2, -0.15) is 0 Å². The van der Waals surface area contributed by atoms with Crippen molar-refractivity contribution in [2.24, 2.45) is 0 Å². The molecule has 0 saturated carbocycles. The van der Waals surface area contributed by atoms with E-state index in [9.17, 15) is 9.59 Å². The number of carbonyl (C=O) groups is 1. The lowest BCUT2D eigenvalue weighted by Gasteiger charge is -2.10. The number of fused-ring (bicyclic) bond motifs is 1. The standard InChI is InChI=1S/C19H15ClO5/c1-11-6-17-15(9-16(11)20)13(8-18(21)25-17)10-24-14-5-3-4-12(7-14)19(22)23-2/h3-9H,10H2,1-2H3. The van der Waals surface area contributed by atoms with E-state index < -0.39 is 11.6 Å². The number of hydrogen-bond acceptors (Lipinski definition) is 5. The molecule has 3 aromatic rings. The van der Waals surface area contributed by atoms with Crippen molar-refractivity contribution in [3.05, 3.63) is 74.6 Å². The Bertz CT molecular complexity index is 1010. The van der Waals surface area contributed by atoms with Gasteiger partial charge in [0.25, 0.3) is 0 Å². The maximum Gasteiger partial charge on any atom is 0.337 e. The van der Waals surface area contributed by atoms with Crippen molar-refractivity contribution < 1.29 is 18.7 Å². The van der Waals surface area contributed by atoms with Crippen LogP contribution < -0.4 is 10.4 Å². The van der Waals surface area contributed by atoms with Crippen LogP contribution in [0.15, 0.2) is 51.7 Å². The molecule has 6 heteroatoms. The molecule has 0 saturated heterocycles. The smallest absolute Gasteiger partial charge is 0.337 e. The van der Waals surface area contributed by atoms with Crippen molar-refractivity contribution in [2.75, 3.05) is 7.11 Å². The highest BCUT2D eigenvalue weighted by Gasteiger charge is 2.10. The molecule has 25 heavy (non-hydrogen) atoms. The van der Waals surface area contributed by atoms with Gasteiger partial charge in [-0.1, -0.05) is 17.7 Å². The fourth-order valence-corrected chi connectivity index (χ4v) is 2.62. The van der Waals surface area contributed by atoms with Gasteiger partial charge in [0.05, 0.1) is 12.7 Å². The summed E-state index contributed by atoms with van der Waals surface area (Å²) in [7, 11) is 1.32. The second-order valence-electron chi connectivity index (χ2n) is 5.50. The summed E-state index contributed by atoms with van der Waals surface area (Å²) < 4.78 is 15.6. The Hall–Kier alpha value is -2.79. The van der Waals surface area contributed by atoms with Gasteiger partial charge >= 0.3 is 11.6 Å². The van der Waals surface area contributed by atoms with E-state index in [-0.39, 0.29) is 6.61 Å². The largest absolute Gasteiger partial charge is 0.489 e. The van der Waals surface area contributed by atoms with Gasteiger partial charge in [-0.05, 0) is 42.8 Å². The molecule has 0 fully saturated rings. The molecule has 0 amide bonds. The van der Waals surface area contributed by atoms with Crippen LogP contribution in [0.5, 0.6) is 5.75 Å². The Morgan fingerprint density at radius 2 is 2.00 bits per heavy atom. The summed E-state index contributed by atoms with van der Waals surface area (Å²) in [5.74, 6) is 0.0426. The summed E-state index contributed by atoms with van der Waals surface area (Å²) in [5.41, 5.74) is 1.85. The zero-order valence-electron chi connectivity index (χ0n) is 13.7. The number of aryl methyl sites for hydroxylation is 1. The molecule has 0 N–H and O–H groups in total. The molecule has 0 spiro atoms. The average molecular weight is 359 g/mol. The molecule has 0 unspecified atom stereocenters. The molecule has 128 valence electrons. The lowest BCUT2D eigenvalue weighted by atomic mass is 10.1. The number of benzene rings is 2. The van der Waals surface area contributed by atoms with Crippen molar-refractivity contribution in [3.63, 3.8) is 0 Å². The normalized spacial score (nSPS) is 10.7. The summed E-state index contributed by atoms with van der Waals surface area (Å²) in [6, 6.07) is 11.5. The monoisotopic (exact) mass is 358 g/mol.